The third kappa shape index (κ3) is 2.78. The van der Waals surface area contributed by atoms with Crippen molar-refractivity contribution >= 4 is 11.6 Å². The zero-order valence-corrected chi connectivity index (χ0v) is 13.3. The van der Waals surface area contributed by atoms with Gasteiger partial charge in [0.05, 0.1) is 5.56 Å². The summed E-state index contributed by atoms with van der Waals surface area (Å²) in [6.07, 6.45) is 2.26. The fraction of sp³-hybridized carbons (Fsp3) is 0.389. The van der Waals surface area contributed by atoms with Gasteiger partial charge in [-0.2, -0.15) is 0 Å². The van der Waals surface area contributed by atoms with Crippen LogP contribution in [-0.4, -0.2) is 36.5 Å². The van der Waals surface area contributed by atoms with Crippen LogP contribution in [0.2, 0.25) is 0 Å². The quantitative estimate of drug-likeness (QED) is 0.849. The van der Waals surface area contributed by atoms with Crippen molar-refractivity contribution in [3.63, 3.8) is 0 Å². The molecule has 0 saturated carbocycles. The molecule has 1 aromatic carbocycles. The minimum Gasteiger partial charge on any atom is -0.451 e. The van der Waals surface area contributed by atoms with Crippen LogP contribution in [-0.2, 0) is 0 Å². The lowest BCUT2D eigenvalue weighted by Crippen LogP contribution is -2.57. The first-order valence-electron chi connectivity index (χ1n) is 8.28. The number of piperidine rings is 3. The van der Waals surface area contributed by atoms with Gasteiger partial charge in [0.15, 0.2) is 5.76 Å². The molecule has 4 heterocycles. The molecule has 0 radical (unpaired) electrons. The van der Waals surface area contributed by atoms with Crippen LogP contribution in [0, 0.1) is 11.7 Å². The van der Waals surface area contributed by atoms with Gasteiger partial charge in [-0.05, 0) is 62.2 Å². The Labute approximate surface area is 139 Å². The molecular formula is C18H20FN3O2. The number of halogens is 1. The van der Waals surface area contributed by atoms with Crippen LogP contribution in [0.4, 0.5) is 10.1 Å². The number of carbonyl (C=O) groups excluding carboxylic acids is 1. The Hall–Kier alpha value is -2.34. The van der Waals surface area contributed by atoms with Gasteiger partial charge in [0.1, 0.15) is 11.6 Å². The number of furan rings is 1. The predicted octanol–water partition coefficient (Wildman–Crippen LogP) is 2.49. The number of benzene rings is 1. The third-order valence-corrected chi connectivity index (χ3v) is 5.06. The number of nitrogen functional groups attached to an aromatic ring is 1. The highest BCUT2D eigenvalue weighted by Gasteiger charge is 2.35. The van der Waals surface area contributed by atoms with E-state index in [0.717, 1.165) is 32.5 Å². The number of hydrogen-bond donors (Lipinski definition) is 2. The molecule has 1 amide bonds. The number of carbonyl (C=O) groups is 1. The van der Waals surface area contributed by atoms with Gasteiger partial charge >= 0.3 is 0 Å². The summed E-state index contributed by atoms with van der Waals surface area (Å²) in [5.74, 6) is 0.372. The summed E-state index contributed by atoms with van der Waals surface area (Å²) in [5.41, 5.74) is 6.20. The molecule has 0 spiro atoms. The highest BCUT2D eigenvalue weighted by molar-refractivity contribution is 5.92. The van der Waals surface area contributed by atoms with Crippen LogP contribution in [0.25, 0.3) is 11.3 Å². The molecule has 1 aromatic heterocycles. The minimum absolute atomic E-state index is 0.168. The predicted molar refractivity (Wildman–Crippen MR) is 88.9 cm³/mol. The van der Waals surface area contributed by atoms with Gasteiger partial charge < -0.3 is 20.4 Å². The van der Waals surface area contributed by atoms with Crippen molar-refractivity contribution in [3.05, 3.63) is 41.9 Å². The fourth-order valence-corrected chi connectivity index (χ4v) is 3.70. The van der Waals surface area contributed by atoms with E-state index in [9.17, 15) is 9.18 Å². The van der Waals surface area contributed by atoms with Crippen molar-refractivity contribution in [1.29, 1.82) is 0 Å². The lowest BCUT2D eigenvalue weighted by Gasteiger charge is -2.44. The van der Waals surface area contributed by atoms with Gasteiger partial charge in [-0.25, -0.2) is 4.39 Å². The van der Waals surface area contributed by atoms with E-state index in [4.69, 9.17) is 10.2 Å². The molecule has 1 unspecified atom stereocenters. The van der Waals surface area contributed by atoms with Crippen molar-refractivity contribution in [2.45, 2.75) is 18.9 Å². The molecular weight excluding hydrogens is 309 g/mol. The molecule has 3 aliphatic heterocycles. The maximum atomic E-state index is 14.0. The average molecular weight is 329 g/mol. The van der Waals surface area contributed by atoms with Crippen LogP contribution in [0.1, 0.15) is 23.4 Å². The van der Waals surface area contributed by atoms with Gasteiger partial charge in [-0.15, -0.1) is 0 Å². The monoisotopic (exact) mass is 329 g/mol. The highest BCUT2D eigenvalue weighted by atomic mass is 19.1. The van der Waals surface area contributed by atoms with E-state index < -0.39 is 5.82 Å². The SMILES string of the molecule is Nc1ccc(-c2ccc(C(=O)NC3CN4CCC3CC4)o2)c(F)c1. The van der Waals surface area contributed by atoms with Crippen molar-refractivity contribution in [2.24, 2.45) is 5.92 Å². The molecule has 0 aliphatic carbocycles. The van der Waals surface area contributed by atoms with E-state index in [1.807, 2.05) is 0 Å². The molecule has 126 valence electrons. The molecule has 24 heavy (non-hydrogen) atoms. The Morgan fingerprint density at radius 1 is 1.25 bits per heavy atom. The lowest BCUT2D eigenvalue weighted by atomic mass is 9.84. The van der Waals surface area contributed by atoms with Gasteiger partial charge in [0.2, 0.25) is 0 Å². The summed E-state index contributed by atoms with van der Waals surface area (Å²) in [6.45, 7) is 3.15. The number of hydrogen-bond acceptors (Lipinski definition) is 4. The fourth-order valence-electron chi connectivity index (χ4n) is 3.70. The van der Waals surface area contributed by atoms with E-state index in [-0.39, 0.29) is 17.7 Å². The summed E-state index contributed by atoms with van der Waals surface area (Å²) >= 11 is 0. The first-order chi connectivity index (χ1) is 11.6. The van der Waals surface area contributed by atoms with E-state index in [0.29, 0.717) is 22.9 Å². The Balaban J connectivity index is 1.49. The molecule has 2 aromatic rings. The van der Waals surface area contributed by atoms with Crippen LogP contribution >= 0.6 is 0 Å². The summed E-state index contributed by atoms with van der Waals surface area (Å²) in [4.78, 5) is 14.8. The minimum atomic E-state index is -0.464. The number of nitrogens with one attached hydrogen (secondary N) is 1. The summed E-state index contributed by atoms with van der Waals surface area (Å²) < 4.78 is 19.5. The second-order valence-corrected chi connectivity index (χ2v) is 6.62. The molecule has 1 atom stereocenters. The number of amides is 1. The molecule has 5 nitrogen and oxygen atoms in total. The topological polar surface area (TPSA) is 71.5 Å². The second-order valence-electron chi connectivity index (χ2n) is 6.62. The lowest BCUT2D eigenvalue weighted by molar-refractivity contribution is 0.0606. The number of nitrogens with two attached hydrogens (primary N) is 1. The van der Waals surface area contributed by atoms with Crippen molar-refractivity contribution < 1.29 is 13.6 Å². The summed E-state index contributed by atoms with van der Waals surface area (Å²) in [6, 6.07) is 7.76. The van der Waals surface area contributed by atoms with Crippen LogP contribution < -0.4 is 11.1 Å². The van der Waals surface area contributed by atoms with E-state index >= 15 is 0 Å². The molecule has 2 bridgehead atoms. The van der Waals surface area contributed by atoms with Gasteiger partial charge in [-0.1, -0.05) is 0 Å². The molecule has 3 N–H and O–H groups in total. The highest BCUT2D eigenvalue weighted by Crippen LogP contribution is 2.29. The Kier molecular flexibility index (Phi) is 3.76. The van der Waals surface area contributed by atoms with Crippen molar-refractivity contribution in [1.82, 2.24) is 10.2 Å². The smallest absolute Gasteiger partial charge is 0.287 e. The Bertz CT molecular complexity index is 765. The van der Waals surface area contributed by atoms with Gasteiger partial charge in [0.25, 0.3) is 5.91 Å². The molecule has 5 rings (SSSR count). The van der Waals surface area contributed by atoms with Crippen molar-refractivity contribution in [2.75, 3.05) is 25.4 Å². The third-order valence-electron chi connectivity index (χ3n) is 5.06. The molecule has 3 aliphatic rings. The maximum Gasteiger partial charge on any atom is 0.287 e. The second kappa shape index (κ2) is 5.94. The Morgan fingerprint density at radius 3 is 2.71 bits per heavy atom. The van der Waals surface area contributed by atoms with E-state index in [1.165, 1.54) is 6.07 Å². The largest absolute Gasteiger partial charge is 0.451 e. The number of nitrogens with zero attached hydrogens (tertiary/aromatic N) is 1. The van der Waals surface area contributed by atoms with Crippen LogP contribution in [0.3, 0.4) is 0 Å². The molecule has 3 fully saturated rings. The van der Waals surface area contributed by atoms with Crippen LogP contribution in [0.15, 0.2) is 34.7 Å². The first-order valence-corrected chi connectivity index (χ1v) is 8.28. The average Bonchev–Trinajstić information content (AvgIpc) is 3.06. The summed E-state index contributed by atoms with van der Waals surface area (Å²) in [7, 11) is 0. The number of rotatable bonds is 3. The van der Waals surface area contributed by atoms with E-state index in [2.05, 4.69) is 10.2 Å². The maximum absolute atomic E-state index is 14.0. The normalized spacial score (nSPS) is 25.6. The first kappa shape index (κ1) is 15.2. The van der Waals surface area contributed by atoms with Gasteiger partial charge in [0, 0.05) is 18.3 Å². The van der Waals surface area contributed by atoms with E-state index in [1.54, 1.807) is 24.3 Å². The molecule has 3 saturated heterocycles. The number of anilines is 1. The van der Waals surface area contributed by atoms with Gasteiger partial charge in [-0.3, -0.25) is 4.79 Å². The zero-order chi connectivity index (χ0) is 16.7. The van der Waals surface area contributed by atoms with Crippen molar-refractivity contribution in [3.8, 4) is 11.3 Å². The van der Waals surface area contributed by atoms with Crippen LogP contribution in [0.5, 0.6) is 0 Å². The Morgan fingerprint density at radius 2 is 2.04 bits per heavy atom. The molecule has 6 heteroatoms. The summed E-state index contributed by atoms with van der Waals surface area (Å²) in [5, 5.41) is 3.07. The number of fused-ring (bicyclic) bond motifs is 3. The zero-order valence-electron chi connectivity index (χ0n) is 13.3. The standard InChI is InChI=1S/C18H20FN3O2/c19-14-9-12(20)1-2-13(14)16-3-4-17(24-16)18(23)21-15-10-22-7-5-11(15)6-8-22/h1-4,9,11,15H,5-8,10,20H2,(H,21,23).